The number of morpholine rings is 1. The summed E-state index contributed by atoms with van der Waals surface area (Å²) in [6.45, 7) is 8.85. The average Bonchev–Trinajstić information content (AvgIpc) is 3.13. The smallest absolute Gasteiger partial charge is 0.295 e. The van der Waals surface area contributed by atoms with Crippen molar-refractivity contribution in [1.82, 2.24) is 9.80 Å². The molecule has 7 nitrogen and oxygen atoms in total. The first-order valence-corrected chi connectivity index (χ1v) is 12.9. The number of ketones is 1. The van der Waals surface area contributed by atoms with Gasteiger partial charge in [-0.15, -0.1) is 0 Å². The average molecular weight is 513 g/mol. The molecule has 192 valence electrons. The topological polar surface area (TPSA) is 79.3 Å². The Kier molecular flexibility index (Phi) is 8.67. The highest BCUT2D eigenvalue weighted by atomic mass is 35.5. The molecule has 0 aliphatic carbocycles. The lowest BCUT2D eigenvalue weighted by Gasteiger charge is -2.29. The third-order valence-corrected chi connectivity index (χ3v) is 6.86. The van der Waals surface area contributed by atoms with Gasteiger partial charge < -0.3 is 19.5 Å². The molecule has 36 heavy (non-hydrogen) atoms. The van der Waals surface area contributed by atoms with Crippen molar-refractivity contribution in [2.45, 2.75) is 32.7 Å². The van der Waals surface area contributed by atoms with E-state index < -0.39 is 17.7 Å². The Labute approximate surface area is 217 Å². The molecular weight excluding hydrogens is 480 g/mol. The first kappa shape index (κ1) is 26.2. The van der Waals surface area contributed by atoms with Crippen molar-refractivity contribution in [3.63, 3.8) is 0 Å². The van der Waals surface area contributed by atoms with Crippen molar-refractivity contribution in [3.8, 4) is 5.75 Å². The van der Waals surface area contributed by atoms with E-state index in [9.17, 15) is 14.7 Å². The number of hydrogen-bond acceptors (Lipinski definition) is 6. The highest BCUT2D eigenvalue weighted by molar-refractivity contribution is 6.46. The number of Topliss-reactive ketones (excluding diaryl/α,β-unsaturated/α-hetero) is 1. The highest BCUT2D eigenvalue weighted by Crippen LogP contribution is 2.40. The lowest BCUT2D eigenvalue weighted by atomic mass is 9.94. The van der Waals surface area contributed by atoms with E-state index in [2.05, 4.69) is 4.90 Å². The molecule has 2 saturated heterocycles. The normalized spacial score (nSPS) is 20.2. The fraction of sp³-hybridized carbons (Fsp3) is 0.429. The molecule has 0 bridgehead atoms. The molecule has 1 atom stereocenters. The molecule has 0 aromatic heterocycles. The first-order chi connectivity index (χ1) is 17.4. The Morgan fingerprint density at radius 1 is 1.11 bits per heavy atom. The van der Waals surface area contributed by atoms with Crippen LogP contribution in [-0.4, -0.2) is 72.6 Å². The second-order valence-corrected chi connectivity index (χ2v) is 9.62. The van der Waals surface area contributed by atoms with Crippen LogP contribution in [0.5, 0.6) is 5.75 Å². The van der Waals surface area contributed by atoms with Gasteiger partial charge in [-0.3, -0.25) is 14.5 Å². The number of hydrogen-bond donors (Lipinski definition) is 1. The Balaban J connectivity index is 1.66. The summed E-state index contributed by atoms with van der Waals surface area (Å²) in [5, 5.41) is 11.9. The lowest BCUT2D eigenvalue weighted by Crippen LogP contribution is -2.38. The van der Waals surface area contributed by atoms with Gasteiger partial charge in [-0.2, -0.15) is 0 Å². The number of rotatable bonds is 9. The minimum Gasteiger partial charge on any atom is -0.507 e. The van der Waals surface area contributed by atoms with E-state index in [1.165, 1.54) is 0 Å². The minimum absolute atomic E-state index is 0.0929. The fourth-order valence-electron chi connectivity index (χ4n) is 4.72. The van der Waals surface area contributed by atoms with Crippen LogP contribution < -0.4 is 4.74 Å². The largest absolute Gasteiger partial charge is 0.507 e. The van der Waals surface area contributed by atoms with E-state index in [4.69, 9.17) is 21.1 Å². The third kappa shape index (κ3) is 5.75. The summed E-state index contributed by atoms with van der Waals surface area (Å²) >= 11 is 6.11. The molecule has 4 rings (SSSR count). The van der Waals surface area contributed by atoms with Gasteiger partial charge in [0, 0.05) is 36.8 Å². The minimum atomic E-state index is -0.691. The van der Waals surface area contributed by atoms with Gasteiger partial charge in [0.1, 0.15) is 11.5 Å². The number of carbonyl (C=O) groups is 2. The molecule has 0 saturated carbocycles. The van der Waals surface area contributed by atoms with E-state index in [0.717, 1.165) is 42.9 Å². The Morgan fingerprint density at radius 3 is 2.50 bits per heavy atom. The second kappa shape index (κ2) is 11.9. The molecule has 2 aliphatic heterocycles. The van der Waals surface area contributed by atoms with Crippen LogP contribution in [0.1, 0.15) is 42.5 Å². The van der Waals surface area contributed by atoms with Crippen LogP contribution in [0.25, 0.3) is 5.76 Å². The number of aryl methyl sites for hydroxylation is 1. The van der Waals surface area contributed by atoms with E-state index in [1.54, 1.807) is 47.4 Å². The summed E-state index contributed by atoms with van der Waals surface area (Å²) in [5.41, 5.74) is 2.14. The van der Waals surface area contributed by atoms with Gasteiger partial charge in [0.05, 0.1) is 31.4 Å². The van der Waals surface area contributed by atoms with Gasteiger partial charge in [-0.1, -0.05) is 30.7 Å². The zero-order valence-corrected chi connectivity index (χ0v) is 21.6. The molecular formula is C28H33ClN2O5. The summed E-state index contributed by atoms with van der Waals surface area (Å²) in [6.07, 6.45) is 1.59. The second-order valence-electron chi connectivity index (χ2n) is 9.18. The predicted molar refractivity (Wildman–Crippen MR) is 139 cm³/mol. The van der Waals surface area contributed by atoms with E-state index in [1.807, 2.05) is 13.8 Å². The van der Waals surface area contributed by atoms with E-state index in [0.29, 0.717) is 43.4 Å². The van der Waals surface area contributed by atoms with Crippen LogP contribution in [0.15, 0.2) is 48.0 Å². The van der Waals surface area contributed by atoms with Crippen LogP contribution >= 0.6 is 11.6 Å². The maximum Gasteiger partial charge on any atom is 0.295 e. The third-order valence-electron chi connectivity index (χ3n) is 6.61. The maximum absolute atomic E-state index is 13.3. The van der Waals surface area contributed by atoms with Crippen molar-refractivity contribution in [1.29, 1.82) is 0 Å². The van der Waals surface area contributed by atoms with Gasteiger partial charge in [-0.25, -0.2) is 0 Å². The zero-order chi connectivity index (χ0) is 25.7. The van der Waals surface area contributed by atoms with Crippen molar-refractivity contribution in [3.05, 3.63) is 69.8 Å². The van der Waals surface area contributed by atoms with E-state index in [-0.39, 0.29) is 11.3 Å². The maximum atomic E-state index is 13.3. The van der Waals surface area contributed by atoms with Crippen molar-refractivity contribution < 1.29 is 24.2 Å². The van der Waals surface area contributed by atoms with Crippen molar-refractivity contribution >= 4 is 29.1 Å². The van der Waals surface area contributed by atoms with E-state index >= 15 is 0 Å². The molecule has 1 amide bonds. The fourth-order valence-corrected chi connectivity index (χ4v) is 4.84. The van der Waals surface area contributed by atoms with Crippen LogP contribution in [0.4, 0.5) is 0 Å². The first-order valence-electron chi connectivity index (χ1n) is 12.5. The molecule has 2 aromatic rings. The number of carbonyl (C=O) groups excluding carboxylic acids is 2. The Morgan fingerprint density at radius 2 is 1.83 bits per heavy atom. The zero-order valence-electron chi connectivity index (χ0n) is 20.8. The molecule has 2 aromatic carbocycles. The summed E-state index contributed by atoms with van der Waals surface area (Å²) in [7, 11) is 0. The molecule has 0 radical (unpaired) electrons. The van der Waals surface area contributed by atoms with Crippen molar-refractivity contribution in [2.24, 2.45) is 0 Å². The number of halogens is 1. The summed E-state index contributed by atoms with van der Waals surface area (Å²) in [4.78, 5) is 30.3. The number of amides is 1. The van der Waals surface area contributed by atoms with Crippen LogP contribution in [-0.2, 0) is 14.3 Å². The van der Waals surface area contributed by atoms with Crippen LogP contribution in [0.2, 0.25) is 5.02 Å². The monoisotopic (exact) mass is 512 g/mol. The Hall–Kier alpha value is -2.87. The summed E-state index contributed by atoms with van der Waals surface area (Å²) < 4.78 is 11.2. The number of nitrogens with zero attached hydrogens (tertiary/aromatic N) is 2. The van der Waals surface area contributed by atoms with Gasteiger partial charge in [0.25, 0.3) is 11.7 Å². The molecule has 0 spiro atoms. The summed E-state index contributed by atoms with van der Waals surface area (Å²) in [5.74, 6) is -0.735. The number of benzene rings is 2. The number of aliphatic hydroxyl groups is 1. The molecule has 2 heterocycles. The number of ether oxygens (including phenoxy) is 2. The van der Waals surface area contributed by atoms with Gasteiger partial charge in [0.2, 0.25) is 0 Å². The van der Waals surface area contributed by atoms with Gasteiger partial charge in [-0.05, 0) is 61.2 Å². The molecule has 1 N–H and O–H groups in total. The molecule has 8 heteroatoms. The SMILES string of the molecule is CCCOc1ccc(C(O)=C2C(=O)C(=O)N(CCCN3CCOCC3)C2c2ccc(Cl)cc2)cc1C. The predicted octanol–water partition coefficient (Wildman–Crippen LogP) is 4.58. The quantitative estimate of drug-likeness (QED) is 0.301. The van der Waals surface area contributed by atoms with Crippen molar-refractivity contribution in [2.75, 3.05) is 46.0 Å². The van der Waals surface area contributed by atoms with Crippen LogP contribution in [0, 0.1) is 6.92 Å². The highest BCUT2D eigenvalue weighted by Gasteiger charge is 2.45. The lowest BCUT2D eigenvalue weighted by molar-refractivity contribution is -0.140. The number of likely N-dealkylation sites (tertiary alicyclic amines) is 1. The summed E-state index contributed by atoms with van der Waals surface area (Å²) in [6, 6.07) is 11.7. The number of aliphatic hydroxyl groups excluding tert-OH is 1. The standard InChI is InChI=1S/C28H33ClN2O5/c1-3-15-36-23-10-7-21(18-19(23)2)26(32)24-25(20-5-8-22(29)9-6-20)31(28(34)27(24)33)12-4-11-30-13-16-35-17-14-30/h5-10,18,25,32H,3-4,11-17H2,1-2H3. The van der Waals surface area contributed by atoms with Gasteiger partial charge in [0.15, 0.2) is 0 Å². The Bertz CT molecular complexity index is 1130. The molecule has 1 unspecified atom stereocenters. The van der Waals surface area contributed by atoms with Crippen LogP contribution in [0.3, 0.4) is 0 Å². The molecule has 2 aliphatic rings. The van der Waals surface area contributed by atoms with Gasteiger partial charge >= 0.3 is 0 Å². The molecule has 2 fully saturated rings.